The molecule has 1 fully saturated rings. The van der Waals surface area contributed by atoms with Gasteiger partial charge >= 0.3 is 0 Å². The molecule has 2 heterocycles. The summed E-state index contributed by atoms with van der Waals surface area (Å²) in [6.45, 7) is 1.01. The molecule has 0 amide bonds. The third-order valence-electron chi connectivity index (χ3n) is 3.89. The summed E-state index contributed by atoms with van der Waals surface area (Å²) in [7, 11) is 0. The first-order chi connectivity index (χ1) is 8.78. The Bertz CT molecular complexity index is 557. The zero-order chi connectivity index (χ0) is 12.6. The first kappa shape index (κ1) is 12.3. The summed E-state index contributed by atoms with van der Waals surface area (Å²) in [6, 6.07) is 2.03. The van der Waals surface area contributed by atoms with Crippen LogP contribution in [-0.2, 0) is 12.4 Å². The molecule has 1 aliphatic rings. The predicted molar refractivity (Wildman–Crippen MR) is 77.2 cm³/mol. The molecule has 1 saturated carbocycles. The maximum Gasteiger partial charge on any atom is 0.124 e. The maximum atomic E-state index is 6.03. The predicted octanol–water partition coefficient (Wildman–Crippen LogP) is 3.46. The van der Waals surface area contributed by atoms with Crippen molar-refractivity contribution in [2.45, 2.75) is 36.4 Å². The van der Waals surface area contributed by atoms with Crippen LogP contribution in [0, 0.1) is 0 Å². The van der Waals surface area contributed by atoms with Gasteiger partial charge in [-0.25, -0.2) is 4.98 Å². The summed E-state index contributed by atoms with van der Waals surface area (Å²) in [5.74, 6) is 1.42. The van der Waals surface area contributed by atoms with Crippen LogP contribution >= 0.6 is 23.4 Å². The van der Waals surface area contributed by atoms with Crippen LogP contribution in [0.25, 0.3) is 11.0 Å². The largest absolute Gasteiger partial charge is 0.325 e. The Kier molecular flexibility index (Phi) is 3.24. The number of aromatic nitrogens is 3. The van der Waals surface area contributed by atoms with E-state index in [4.69, 9.17) is 11.6 Å². The molecule has 0 radical (unpaired) electrons. The number of rotatable bonds is 4. The van der Waals surface area contributed by atoms with Crippen LogP contribution in [0.3, 0.4) is 0 Å². The monoisotopic (exact) mass is 281 g/mol. The fourth-order valence-corrected chi connectivity index (χ4v) is 3.76. The average Bonchev–Trinajstić information content (AvgIpc) is 2.71. The normalized spacial score (nSPS) is 17.9. The van der Waals surface area contributed by atoms with Crippen molar-refractivity contribution in [3.05, 3.63) is 24.3 Å². The van der Waals surface area contributed by atoms with Gasteiger partial charge in [0.25, 0.3) is 0 Å². The van der Waals surface area contributed by atoms with E-state index < -0.39 is 0 Å². The first-order valence-electron chi connectivity index (χ1n) is 6.18. The number of alkyl halides is 1. The molecule has 3 nitrogen and oxygen atoms in total. The SMILES string of the molecule is CSC1(Cn2c(CCl)nc3cnccc32)CCC1. The first-order valence-corrected chi connectivity index (χ1v) is 7.94. The fourth-order valence-electron chi connectivity index (χ4n) is 2.60. The van der Waals surface area contributed by atoms with Gasteiger partial charge in [-0.15, -0.1) is 11.6 Å². The molecule has 5 heteroatoms. The molecule has 3 rings (SSSR count). The van der Waals surface area contributed by atoms with Crippen LogP contribution in [0.4, 0.5) is 0 Å². The molecule has 1 aliphatic carbocycles. The van der Waals surface area contributed by atoms with Gasteiger partial charge in [0.05, 0.1) is 17.6 Å². The molecule has 0 bridgehead atoms. The molecule has 2 aromatic rings. The second-order valence-corrected chi connectivity index (χ2v) is 6.39. The lowest BCUT2D eigenvalue weighted by Gasteiger charge is -2.41. The highest BCUT2D eigenvalue weighted by molar-refractivity contribution is 8.00. The van der Waals surface area contributed by atoms with E-state index >= 15 is 0 Å². The standard InChI is InChI=1S/C13H16ClN3S/c1-18-13(4-2-5-13)9-17-11-3-6-15-8-10(11)16-12(17)7-14/h3,6,8H,2,4-5,7,9H2,1H3. The molecule has 0 atom stereocenters. The number of nitrogens with zero attached hydrogens (tertiary/aromatic N) is 3. The Morgan fingerprint density at radius 2 is 2.33 bits per heavy atom. The van der Waals surface area contributed by atoms with Crippen molar-refractivity contribution in [3.8, 4) is 0 Å². The van der Waals surface area contributed by atoms with Crippen LogP contribution in [0.2, 0.25) is 0 Å². The minimum absolute atomic E-state index is 0.387. The van der Waals surface area contributed by atoms with Crippen molar-refractivity contribution in [1.29, 1.82) is 0 Å². The molecule has 2 aromatic heterocycles. The third-order valence-corrected chi connectivity index (χ3v) is 5.54. The second kappa shape index (κ2) is 4.74. The van der Waals surface area contributed by atoms with Gasteiger partial charge in [-0.3, -0.25) is 4.98 Å². The highest BCUT2D eigenvalue weighted by Gasteiger charge is 2.37. The Labute approximate surface area is 116 Å². The highest BCUT2D eigenvalue weighted by atomic mass is 35.5. The van der Waals surface area contributed by atoms with E-state index in [2.05, 4.69) is 20.8 Å². The highest BCUT2D eigenvalue weighted by Crippen LogP contribution is 2.44. The van der Waals surface area contributed by atoms with E-state index in [1.807, 2.05) is 30.2 Å². The average molecular weight is 282 g/mol. The minimum Gasteiger partial charge on any atom is -0.325 e. The molecule has 0 saturated heterocycles. The van der Waals surface area contributed by atoms with Crippen molar-refractivity contribution >= 4 is 34.4 Å². The zero-order valence-electron chi connectivity index (χ0n) is 10.4. The topological polar surface area (TPSA) is 30.7 Å². The quantitative estimate of drug-likeness (QED) is 0.804. The van der Waals surface area contributed by atoms with Crippen LogP contribution in [0.5, 0.6) is 0 Å². The third kappa shape index (κ3) is 1.91. The number of halogens is 1. The Hall–Kier alpha value is -0.740. The fraction of sp³-hybridized carbons (Fsp3) is 0.538. The van der Waals surface area contributed by atoms with Gasteiger partial charge in [0.1, 0.15) is 11.3 Å². The van der Waals surface area contributed by atoms with Gasteiger partial charge in [0.2, 0.25) is 0 Å². The van der Waals surface area contributed by atoms with Gasteiger partial charge in [-0.2, -0.15) is 11.8 Å². The van der Waals surface area contributed by atoms with Gasteiger partial charge in [0.15, 0.2) is 0 Å². The van der Waals surface area contributed by atoms with Crippen molar-refractivity contribution in [1.82, 2.24) is 14.5 Å². The van der Waals surface area contributed by atoms with E-state index in [0.717, 1.165) is 23.4 Å². The lowest BCUT2D eigenvalue weighted by atomic mass is 9.84. The molecular weight excluding hydrogens is 266 g/mol. The number of pyridine rings is 1. The molecule has 0 spiro atoms. The van der Waals surface area contributed by atoms with E-state index in [-0.39, 0.29) is 0 Å². The summed E-state index contributed by atoms with van der Waals surface area (Å²) < 4.78 is 2.66. The van der Waals surface area contributed by atoms with E-state index in [9.17, 15) is 0 Å². The smallest absolute Gasteiger partial charge is 0.124 e. The van der Waals surface area contributed by atoms with E-state index in [0.29, 0.717) is 10.6 Å². The van der Waals surface area contributed by atoms with Crippen molar-refractivity contribution in [2.24, 2.45) is 0 Å². The number of thioether (sulfide) groups is 1. The Balaban J connectivity index is 2.04. The van der Waals surface area contributed by atoms with Crippen molar-refractivity contribution < 1.29 is 0 Å². The molecule has 0 unspecified atom stereocenters. The summed E-state index contributed by atoms with van der Waals surface area (Å²) in [5.41, 5.74) is 2.10. The molecule has 18 heavy (non-hydrogen) atoms. The van der Waals surface area contributed by atoms with Crippen LogP contribution in [-0.4, -0.2) is 25.5 Å². The summed E-state index contributed by atoms with van der Waals surface area (Å²) in [4.78, 5) is 8.70. The van der Waals surface area contributed by atoms with Crippen LogP contribution in [0.1, 0.15) is 25.1 Å². The minimum atomic E-state index is 0.387. The van der Waals surface area contributed by atoms with Crippen LogP contribution in [0.15, 0.2) is 18.5 Å². The summed E-state index contributed by atoms with van der Waals surface area (Å²) in [5, 5.41) is 0. The molecule has 0 aromatic carbocycles. The van der Waals surface area contributed by atoms with Gasteiger partial charge in [-0.05, 0) is 25.2 Å². The molecule has 96 valence electrons. The number of hydrogen-bond acceptors (Lipinski definition) is 3. The number of fused-ring (bicyclic) bond motifs is 1. The lowest BCUT2D eigenvalue weighted by molar-refractivity contribution is 0.322. The lowest BCUT2D eigenvalue weighted by Crippen LogP contribution is -2.38. The summed E-state index contributed by atoms with van der Waals surface area (Å²) in [6.07, 6.45) is 9.77. The second-order valence-electron chi connectivity index (χ2n) is 4.85. The Morgan fingerprint density at radius 1 is 1.50 bits per heavy atom. The van der Waals surface area contributed by atoms with Crippen molar-refractivity contribution in [3.63, 3.8) is 0 Å². The van der Waals surface area contributed by atoms with Gasteiger partial charge in [-0.1, -0.05) is 6.42 Å². The number of imidazole rings is 1. The number of hydrogen-bond donors (Lipinski definition) is 0. The van der Waals surface area contributed by atoms with Crippen LogP contribution < -0.4 is 0 Å². The van der Waals surface area contributed by atoms with E-state index in [1.54, 1.807) is 0 Å². The Morgan fingerprint density at radius 3 is 2.94 bits per heavy atom. The van der Waals surface area contributed by atoms with E-state index in [1.165, 1.54) is 19.3 Å². The zero-order valence-corrected chi connectivity index (χ0v) is 12.0. The maximum absolute atomic E-state index is 6.03. The van der Waals surface area contributed by atoms with Crippen molar-refractivity contribution in [2.75, 3.05) is 6.26 Å². The molecule has 0 aliphatic heterocycles. The van der Waals surface area contributed by atoms with Gasteiger partial charge < -0.3 is 4.57 Å². The van der Waals surface area contributed by atoms with Gasteiger partial charge in [0, 0.05) is 17.5 Å². The summed E-state index contributed by atoms with van der Waals surface area (Å²) >= 11 is 8.00. The molecular formula is C13H16ClN3S. The molecule has 0 N–H and O–H groups in total.